The molecule has 0 amide bonds. The fourth-order valence-corrected chi connectivity index (χ4v) is 2.43. The lowest BCUT2D eigenvalue weighted by molar-refractivity contribution is 0.686. The van der Waals surface area contributed by atoms with Gasteiger partial charge >= 0.3 is 0 Å². The number of nitrogens with zero attached hydrogens (tertiary/aromatic N) is 2. The van der Waals surface area contributed by atoms with Gasteiger partial charge in [-0.2, -0.15) is 10.4 Å². The summed E-state index contributed by atoms with van der Waals surface area (Å²) in [4.78, 5) is 0. The SMILES string of the molecule is N#Cc1cc(-c2ccc3c(c2)CCCC3)[nH]n1. The van der Waals surface area contributed by atoms with E-state index in [4.69, 9.17) is 5.26 Å². The van der Waals surface area contributed by atoms with E-state index in [0.29, 0.717) is 5.69 Å². The molecule has 1 aliphatic rings. The van der Waals surface area contributed by atoms with Crippen molar-refractivity contribution in [1.82, 2.24) is 10.2 Å². The molecule has 1 aromatic carbocycles. The highest BCUT2D eigenvalue weighted by Gasteiger charge is 2.11. The van der Waals surface area contributed by atoms with E-state index in [2.05, 4.69) is 28.4 Å². The van der Waals surface area contributed by atoms with Crippen LogP contribution in [0.15, 0.2) is 24.3 Å². The van der Waals surface area contributed by atoms with Gasteiger partial charge in [0.25, 0.3) is 0 Å². The van der Waals surface area contributed by atoms with Crippen molar-refractivity contribution in [3.63, 3.8) is 0 Å². The Balaban J connectivity index is 2.01. The van der Waals surface area contributed by atoms with Gasteiger partial charge in [-0.3, -0.25) is 5.10 Å². The lowest BCUT2D eigenvalue weighted by Crippen LogP contribution is -2.02. The predicted molar refractivity (Wildman–Crippen MR) is 65.4 cm³/mol. The molecule has 1 aromatic heterocycles. The molecule has 0 radical (unpaired) electrons. The van der Waals surface area contributed by atoms with Crippen LogP contribution in [0.1, 0.15) is 29.7 Å². The van der Waals surface area contributed by atoms with E-state index in [0.717, 1.165) is 11.3 Å². The van der Waals surface area contributed by atoms with Crippen LogP contribution in [0, 0.1) is 11.3 Å². The molecule has 3 rings (SSSR count). The molecule has 17 heavy (non-hydrogen) atoms. The van der Waals surface area contributed by atoms with Crippen LogP contribution in [0.5, 0.6) is 0 Å². The lowest BCUT2D eigenvalue weighted by Gasteiger charge is -2.16. The van der Waals surface area contributed by atoms with Crippen molar-refractivity contribution in [3.05, 3.63) is 41.1 Å². The zero-order valence-corrected chi connectivity index (χ0v) is 9.53. The molecule has 84 valence electrons. The van der Waals surface area contributed by atoms with Gasteiger partial charge in [-0.25, -0.2) is 0 Å². The van der Waals surface area contributed by atoms with Crippen LogP contribution in [0.25, 0.3) is 11.3 Å². The number of hydrogen-bond acceptors (Lipinski definition) is 2. The first-order valence-corrected chi connectivity index (χ1v) is 5.94. The molecule has 0 spiro atoms. The first-order chi connectivity index (χ1) is 8.36. The molecule has 3 heteroatoms. The standard InChI is InChI=1S/C14H13N3/c15-9-13-8-14(17-16-13)12-6-5-10-3-1-2-4-11(10)7-12/h5-8H,1-4H2,(H,16,17). The van der Waals surface area contributed by atoms with Crippen LogP contribution < -0.4 is 0 Å². The van der Waals surface area contributed by atoms with Crippen LogP contribution in [0.2, 0.25) is 0 Å². The summed E-state index contributed by atoms with van der Waals surface area (Å²) in [6.07, 6.45) is 4.95. The van der Waals surface area contributed by atoms with Gasteiger partial charge in [-0.15, -0.1) is 0 Å². The Bertz CT molecular complexity index is 590. The van der Waals surface area contributed by atoms with E-state index in [1.807, 2.05) is 6.07 Å². The van der Waals surface area contributed by atoms with Crippen molar-refractivity contribution in [3.8, 4) is 17.3 Å². The summed E-state index contributed by atoms with van der Waals surface area (Å²) < 4.78 is 0. The summed E-state index contributed by atoms with van der Waals surface area (Å²) in [5.74, 6) is 0. The number of rotatable bonds is 1. The third-order valence-electron chi connectivity index (χ3n) is 3.35. The lowest BCUT2D eigenvalue weighted by atomic mass is 9.90. The fourth-order valence-electron chi connectivity index (χ4n) is 2.43. The van der Waals surface area contributed by atoms with Crippen molar-refractivity contribution in [2.24, 2.45) is 0 Å². The highest BCUT2D eigenvalue weighted by Crippen LogP contribution is 2.26. The zero-order chi connectivity index (χ0) is 11.7. The van der Waals surface area contributed by atoms with Gasteiger partial charge in [0.15, 0.2) is 5.69 Å². The predicted octanol–water partition coefficient (Wildman–Crippen LogP) is 2.83. The Labute approximate surface area is 100 Å². The summed E-state index contributed by atoms with van der Waals surface area (Å²) in [5, 5.41) is 15.6. The van der Waals surface area contributed by atoms with Gasteiger partial charge in [0.1, 0.15) is 6.07 Å². The normalized spacial score (nSPS) is 14.1. The number of hydrogen-bond donors (Lipinski definition) is 1. The molecule has 0 saturated carbocycles. The maximum Gasteiger partial charge on any atom is 0.162 e. The van der Waals surface area contributed by atoms with Crippen LogP contribution in [0.3, 0.4) is 0 Å². The number of aryl methyl sites for hydroxylation is 2. The molecule has 3 nitrogen and oxygen atoms in total. The second-order valence-corrected chi connectivity index (χ2v) is 4.47. The second-order valence-electron chi connectivity index (χ2n) is 4.47. The largest absolute Gasteiger partial charge is 0.277 e. The van der Waals surface area contributed by atoms with Crippen molar-refractivity contribution in [2.75, 3.05) is 0 Å². The maximum atomic E-state index is 8.76. The molecule has 0 atom stereocenters. The molecular weight excluding hydrogens is 210 g/mol. The Morgan fingerprint density at radius 3 is 2.71 bits per heavy atom. The minimum atomic E-state index is 0.442. The average molecular weight is 223 g/mol. The molecule has 1 N–H and O–H groups in total. The van der Waals surface area contributed by atoms with Gasteiger partial charge in [0.2, 0.25) is 0 Å². The molecular formula is C14H13N3. The molecule has 2 aromatic rings. The second kappa shape index (κ2) is 4.06. The highest BCUT2D eigenvalue weighted by molar-refractivity contribution is 5.62. The Morgan fingerprint density at radius 2 is 1.94 bits per heavy atom. The van der Waals surface area contributed by atoms with E-state index in [1.54, 1.807) is 6.07 Å². The maximum absolute atomic E-state index is 8.76. The molecule has 0 unspecified atom stereocenters. The van der Waals surface area contributed by atoms with Gasteiger partial charge in [0.05, 0.1) is 5.69 Å². The van der Waals surface area contributed by atoms with Crippen LogP contribution in [-0.4, -0.2) is 10.2 Å². The van der Waals surface area contributed by atoms with Crippen LogP contribution in [0.4, 0.5) is 0 Å². The number of nitriles is 1. The van der Waals surface area contributed by atoms with Crippen molar-refractivity contribution in [2.45, 2.75) is 25.7 Å². The first kappa shape index (κ1) is 10.1. The molecule has 0 bridgehead atoms. The van der Waals surface area contributed by atoms with E-state index in [1.165, 1.54) is 36.8 Å². The number of nitrogens with one attached hydrogen (secondary N) is 1. The van der Waals surface area contributed by atoms with Crippen LogP contribution in [-0.2, 0) is 12.8 Å². The van der Waals surface area contributed by atoms with E-state index < -0.39 is 0 Å². The van der Waals surface area contributed by atoms with Crippen molar-refractivity contribution in [1.29, 1.82) is 5.26 Å². The summed E-state index contributed by atoms with van der Waals surface area (Å²) >= 11 is 0. The number of aromatic amines is 1. The average Bonchev–Trinajstić information content (AvgIpc) is 2.87. The number of H-pyrrole nitrogens is 1. The number of fused-ring (bicyclic) bond motifs is 1. The van der Waals surface area contributed by atoms with Crippen molar-refractivity contribution >= 4 is 0 Å². The Kier molecular flexibility index (Phi) is 2.41. The molecule has 0 saturated heterocycles. The molecule has 1 heterocycles. The molecule has 0 aliphatic heterocycles. The Hall–Kier alpha value is -2.08. The van der Waals surface area contributed by atoms with Gasteiger partial charge in [-0.1, -0.05) is 12.1 Å². The molecule has 0 fully saturated rings. The number of aromatic nitrogens is 2. The van der Waals surface area contributed by atoms with Crippen LogP contribution >= 0.6 is 0 Å². The molecule has 1 aliphatic carbocycles. The van der Waals surface area contributed by atoms with E-state index >= 15 is 0 Å². The highest BCUT2D eigenvalue weighted by atomic mass is 15.1. The topological polar surface area (TPSA) is 52.5 Å². The van der Waals surface area contributed by atoms with Gasteiger partial charge in [0, 0.05) is 6.07 Å². The zero-order valence-electron chi connectivity index (χ0n) is 9.53. The summed E-state index contributed by atoms with van der Waals surface area (Å²) in [6, 6.07) is 10.4. The summed E-state index contributed by atoms with van der Waals surface area (Å²) in [6.45, 7) is 0. The van der Waals surface area contributed by atoms with E-state index in [9.17, 15) is 0 Å². The minimum absolute atomic E-state index is 0.442. The summed E-state index contributed by atoms with van der Waals surface area (Å²) in [7, 11) is 0. The monoisotopic (exact) mass is 223 g/mol. The van der Waals surface area contributed by atoms with Crippen molar-refractivity contribution < 1.29 is 0 Å². The quantitative estimate of drug-likeness (QED) is 0.808. The first-order valence-electron chi connectivity index (χ1n) is 5.94. The summed E-state index contributed by atoms with van der Waals surface area (Å²) in [5.41, 5.74) is 5.41. The smallest absolute Gasteiger partial charge is 0.162 e. The van der Waals surface area contributed by atoms with Gasteiger partial charge < -0.3 is 0 Å². The fraction of sp³-hybridized carbons (Fsp3) is 0.286. The van der Waals surface area contributed by atoms with E-state index in [-0.39, 0.29) is 0 Å². The third-order valence-corrected chi connectivity index (χ3v) is 3.35. The van der Waals surface area contributed by atoms with Gasteiger partial charge in [-0.05, 0) is 48.4 Å². The number of benzene rings is 1. The minimum Gasteiger partial charge on any atom is -0.277 e. The third kappa shape index (κ3) is 1.83. The Morgan fingerprint density at radius 1 is 1.12 bits per heavy atom.